The second-order valence-electron chi connectivity index (χ2n) is 4.46. The number of hydrogen-bond donors (Lipinski definition) is 1. The van der Waals surface area contributed by atoms with Crippen LogP contribution < -0.4 is 0 Å². The third-order valence-corrected chi connectivity index (χ3v) is 3.42. The highest BCUT2D eigenvalue weighted by atomic mass is 32.1. The van der Waals surface area contributed by atoms with E-state index >= 15 is 0 Å². The zero-order valence-electron chi connectivity index (χ0n) is 10.9. The maximum Gasteiger partial charge on any atom is 0.184 e. The molecule has 0 amide bonds. The Labute approximate surface area is 115 Å². The number of aromatic amines is 1. The number of hydrogen-bond acceptors (Lipinski definition) is 2. The van der Waals surface area contributed by atoms with Gasteiger partial charge in [0, 0.05) is 7.11 Å². The fourth-order valence-corrected chi connectivity index (χ4v) is 2.66. The Hall–Kier alpha value is -1.27. The molecule has 1 aromatic heterocycles. The molecule has 0 aliphatic carbocycles. The van der Waals surface area contributed by atoms with Crippen molar-refractivity contribution in [1.29, 1.82) is 0 Å². The van der Waals surface area contributed by atoms with Gasteiger partial charge < -0.3 is 14.3 Å². The second-order valence-corrected chi connectivity index (χ2v) is 4.84. The number of benzene rings is 1. The minimum absolute atomic E-state index is 0.104. The van der Waals surface area contributed by atoms with Gasteiger partial charge in [0.25, 0.3) is 0 Å². The molecule has 0 radical (unpaired) electrons. The van der Waals surface area contributed by atoms with E-state index in [9.17, 15) is 8.78 Å². The van der Waals surface area contributed by atoms with Gasteiger partial charge in [-0.05, 0) is 30.8 Å². The Morgan fingerprint density at radius 3 is 2.79 bits per heavy atom. The van der Waals surface area contributed by atoms with Crippen LogP contribution in [0.5, 0.6) is 0 Å². The average molecular weight is 286 g/mol. The Kier molecular flexibility index (Phi) is 4.31. The van der Waals surface area contributed by atoms with Crippen LogP contribution in [0.1, 0.15) is 25.8 Å². The predicted molar refractivity (Wildman–Crippen MR) is 72.9 cm³/mol. The molecule has 0 aliphatic heterocycles. The van der Waals surface area contributed by atoms with E-state index in [2.05, 4.69) is 4.98 Å². The van der Waals surface area contributed by atoms with E-state index in [1.165, 1.54) is 6.07 Å². The molecule has 0 fully saturated rings. The van der Waals surface area contributed by atoms with Crippen molar-refractivity contribution in [2.24, 2.45) is 0 Å². The molecule has 0 spiro atoms. The smallest absolute Gasteiger partial charge is 0.184 e. The number of nitrogens with zero attached hydrogens (tertiary/aromatic N) is 1. The number of aromatic nitrogens is 2. The lowest BCUT2D eigenvalue weighted by atomic mass is 10.1. The molecule has 1 heterocycles. The summed E-state index contributed by atoms with van der Waals surface area (Å²) in [5.41, 5.74) is 0.682. The van der Waals surface area contributed by atoms with Gasteiger partial charge in [-0.25, -0.2) is 8.78 Å². The Morgan fingerprint density at radius 2 is 2.16 bits per heavy atom. The van der Waals surface area contributed by atoms with Crippen LogP contribution in [0, 0.1) is 16.4 Å². The quantitative estimate of drug-likeness (QED) is 0.843. The first-order chi connectivity index (χ1) is 9.10. The molecule has 6 heteroatoms. The number of nitrogens with one attached hydrogen (secondary N) is 1. The minimum atomic E-state index is -0.873. The molecular weight excluding hydrogens is 270 g/mol. The van der Waals surface area contributed by atoms with Crippen molar-refractivity contribution >= 4 is 23.3 Å². The van der Waals surface area contributed by atoms with Crippen molar-refractivity contribution in [1.82, 2.24) is 9.55 Å². The Bertz CT molecular complexity index is 629. The number of rotatable bonds is 5. The van der Waals surface area contributed by atoms with Crippen molar-refractivity contribution in [3.8, 4) is 0 Å². The standard InChI is InChI=1S/C13H16F2N2OS/c1-3-4-8(7-18-2)17-12-10(16-13(17)19)6-5-9(14)11(12)15/h5-6,8H,3-4,7H2,1-2H3,(H,16,19). The SMILES string of the molecule is CCCC(COC)n1c(=S)[nH]c2ccc(F)c(F)c21. The molecule has 1 unspecified atom stereocenters. The molecule has 2 rings (SSSR count). The first-order valence-corrected chi connectivity index (χ1v) is 6.58. The summed E-state index contributed by atoms with van der Waals surface area (Å²) >= 11 is 5.22. The summed E-state index contributed by atoms with van der Waals surface area (Å²) in [6, 6.07) is 2.49. The second kappa shape index (κ2) is 5.79. The van der Waals surface area contributed by atoms with Crippen molar-refractivity contribution in [3.63, 3.8) is 0 Å². The maximum absolute atomic E-state index is 14.0. The van der Waals surface area contributed by atoms with Gasteiger partial charge in [0.05, 0.1) is 18.2 Å². The zero-order valence-corrected chi connectivity index (χ0v) is 11.7. The van der Waals surface area contributed by atoms with Crippen LogP contribution in [-0.4, -0.2) is 23.3 Å². The lowest BCUT2D eigenvalue weighted by molar-refractivity contribution is 0.151. The topological polar surface area (TPSA) is 29.9 Å². The number of fused-ring (bicyclic) bond motifs is 1. The summed E-state index contributed by atoms with van der Waals surface area (Å²) in [5, 5.41) is 0. The molecule has 0 bridgehead atoms. The molecule has 1 atom stereocenters. The number of halogens is 2. The van der Waals surface area contributed by atoms with E-state index in [0.29, 0.717) is 16.9 Å². The normalized spacial score (nSPS) is 13.1. The van der Waals surface area contributed by atoms with Crippen molar-refractivity contribution in [3.05, 3.63) is 28.5 Å². The number of methoxy groups -OCH3 is 1. The number of imidazole rings is 1. The highest BCUT2D eigenvalue weighted by Gasteiger charge is 2.19. The maximum atomic E-state index is 14.0. The summed E-state index contributed by atoms with van der Waals surface area (Å²) in [5.74, 6) is -1.75. The molecule has 2 aromatic rings. The molecule has 0 saturated heterocycles. The summed E-state index contributed by atoms with van der Waals surface area (Å²) in [7, 11) is 1.58. The van der Waals surface area contributed by atoms with Gasteiger partial charge in [0.15, 0.2) is 16.4 Å². The molecule has 0 saturated carbocycles. The molecule has 1 aromatic carbocycles. The summed E-state index contributed by atoms with van der Waals surface area (Å²) in [6.07, 6.45) is 1.68. The van der Waals surface area contributed by atoms with Crippen molar-refractivity contribution in [2.75, 3.05) is 13.7 Å². The number of H-pyrrole nitrogens is 1. The first-order valence-electron chi connectivity index (χ1n) is 6.17. The minimum Gasteiger partial charge on any atom is -0.383 e. The third kappa shape index (κ3) is 2.55. The summed E-state index contributed by atoms with van der Waals surface area (Å²) in [4.78, 5) is 2.91. The van der Waals surface area contributed by atoms with E-state index < -0.39 is 11.6 Å². The lowest BCUT2D eigenvalue weighted by Gasteiger charge is -2.18. The Morgan fingerprint density at radius 1 is 1.42 bits per heavy atom. The van der Waals surface area contributed by atoms with Gasteiger partial charge >= 0.3 is 0 Å². The molecule has 0 aliphatic rings. The van der Waals surface area contributed by atoms with Crippen LogP contribution in [0.3, 0.4) is 0 Å². The monoisotopic (exact) mass is 286 g/mol. The first kappa shape index (κ1) is 14.1. The predicted octanol–water partition coefficient (Wildman–Crippen LogP) is 3.96. The van der Waals surface area contributed by atoms with Crippen LogP contribution in [0.15, 0.2) is 12.1 Å². The zero-order chi connectivity index (χ0) is 14.0. The molecular formula is C13H16F2N2OS. The van der Waals surface area contributed by atoms with Gasteiger partial charge in [0.2, 0.25) is 0 Å². The summed E-state index contributed by atoms with van der Waals surface area (Å²) < 4.78 is 34.6. The average Bonchev–Trinajstić information content (AvgIpc) is 2.71. The van der Waals surface area contributed by atoms with Crippen molar-refractivity contribution < 1.29 is 13.5 Å². The van der Waals surface area contributed by atoms with Gasteiger partial charge in [-0.2, -0.15) is 0 Å². The van der Waals surface area contributed by atoms with E-state index in [1.54, 1.807) is 11.7 Å². The van der Waals surface area contributed by atoms with Crippen LogP contribution in [0.25, 0.3) is 11.0 Å². The van der Waals surface area contributed by atoms with E-state index in [0.717, 1.165) is 18.9 Å². The van der Waals surface area contributed by atoms with Crippen LogP contribution in [0.2, 0.25) is 0 Å². The van der Waals surface area contributed by atoms with Gasteiger partial charge in [0.1, 0.15) is 5.52 Å². The van der Waals surface area contributed by atoms with E-state index in [4.69, 9.17) is 17.0 Å². The fraction of sp³-hybridized carbons (Fsp3) is 0.462. The summed E-state index contributed by atoms with van der Waals surface area (Å²) in [6.45, 7) is 2.43. The number of ether oxygens (including phenoxy) is 1. The molecule has 104 valence electrons. The van der Waals surface area contributed by atoms with E-state index in [-0.39, 0.29) is 11.6 Å². The van der Waals surface area contributed by atoms with E-state index in [1.807, 2.05) is 6.92 Å². The third-order valence-electron chi connectivity index (χ3n) is 3.12. The molecule has 1 N–H and O–H groups in total. The molecule has 3 nitrogen and oxygen atoms in total. The lowest BCUT2D eigenvalue weighted by Crippen LogP contribution is -2.15. The van der Waals surface area contributed by atoms with Gasteiger partial charge in [-0.1, -0.05) is 13.3 Å². The van der Waals surface area contributed by atoms with Gasteiger partial charge in [-0.3, -0.25) is 0 Å². The van der Waals surface area contributed by atoms with Gasteiger partial charge in [-0.15, -0.1) is 0 Å². The van der Waals surface area contributed by atoms with Crippen LogP contribution in [0.4, 0.5) is 8.78 Å². The van der Waals surface area contributed by atoms with Crippen LogP contribution >= 0.6 is 12.2 Å². The highest BCUT2D eigenvalue weighted by Crippen LogP contribution is 2.26. The Balaban J connectivity index is 2.66. The highest BCUT2D eigenvalue weighted by molar-refractivity contribution is 7.71. The largest absolute Gasteiger partial charge is 0.383 e. The molecule has 19 heavy (non-hydrogen) atoms. The van der Waals surface area contributed by atoms with Crippen LogP contribution in [-0.2, 0) is 4.74 Å². The fourth-order valence-electron chi connectivity index (χ4n) is 2.31. The van der Waals surface area contributed by atoms with Crippen molar-refractivity contribution in [2.45, 2.75) is 25.8 Å².